The summed E-state index contributed by atoms with van der Waals surface area (Å²) in [6.45, 7) is -0.486. The molecule has 2 unspecified atom stereocenters. The van der Waals surface area contributed by atoms with Gasteiger partial charge in [0.25, 0.3) is 0 Å². The van der Waals surface area contributed by atoms with E-state index >= 15 is 0 Å². The maximum absolute atomic E-state index is 12.5. The normalized spacial score (nSPS) is 23.5. The maximum atomic E-state index is 12.5. The highest BCUT2D eigenvalue weighted by atomic mass is 32.1. The molecule has 2 atom stereocenters. The molecule has 164 valence electrons. The lowest BCUT2D eigenvalue weighted by Crippen LogP contribution is -2.36. The van der Waals surface area contributed by atoms with Crippen LogP contribution in [0.3, 0.4) is 0 Å². The van der Waals surface area contributed by atoms with Crippen LogP contribution in [-0.2, 0) is 38.6 Å². The molecule has 2 fully saturated rings. The number of likely N-dealkylation sites (tertiary alicyclic amines) is 1. The number of aryl methyl sites for hydroxylation is 2. The monoisotopic (exact) mass is 442 g/mol. The van der Waals surface area contributed by atoms with Crippen molar-refractivity contribution in [2.45, 2.75) is 64.4 Å². The average Bonchev–Trinajstić information content (AvgIpc) is 3.11. The highest BCUT2D eigenvalue weighted by Crippen LogP contribution is 2.38. The molecule has 0 aromatic carbocycles. The molecule has 0 spiro atoms. The number of carbonyl (C=O) groups is 3. The number of carbonyl (C=O) groups excluding carboxylic acids is 3. The van der Waals surface area contributed by atoms with Crippen molar-refractivity contribution in [3.63, 3.8) is 0 Å². The van der Waals surface area contributed by atoms with E-state index in [4.69, 9.17) is 10.5 Å². The zero-order valence-corrected chi connectivity index (χ0v) is 18.2. The number of ether oxygens (including phenoxy) is 1. The van der Waals surface area contributed by atoms with Crippen LogP contribution in [0.4, 0.5) is 5.82 Å². The molecule has 2 aromatic heterocycles. The van der Waals surface area contributed by atoms with E-state index in [0.29, 0.717) is 11.6 Å². The summed E-state index contributed by atoms with van der Waals surface area (Å²) >= 11 is 1.64. The van der Waals surface area contributed by atoms with Crippen molar-refractivity contribution in [2.75, 3.05) is 12.3 Å². The molecule has 2 aromatic rings. The van der Waals surface area contributed by atoms with Crippen LogP contribution in [-0.4, -0.2) is 39.2 Å². The molecule has 1 saturated carbocycles. The summed E-state index contributed by atoms with van der Waals surface area (Å²) in [7, 11) is 0. The zero-order valence-electron chi connectivity index (χ0n) is 17.4. The maximum Gasteiger partial charge on any atom is 0.326 e. The highest BCUT2D eigenvalue weighted by molar-refractivity contribution is 7.19. The average molecular weight is 443 g/mol. The molecular formula is C22H26N4O4S. The number of aromatic nitrogens is 2. The number of hydrogen-bond donors (Lipinski definition) is 1. The molecular weight excluding hydrogens is 416 g/mol. The Morgan fingerprint density at radius 3 is 2.48 bits per heavy atom. The molecule has 31 heavy (non-hydrogen) atoms. The van der Waals surface area contributed by atoms with Crippen LogP contribution in [0, 0.1) is 11.8 Å². The van der Waals surface area contributed by atoms with Crippen molar-refractivity contribution in [3.8, 4) is 0 Å². The second kappa shape index (κ2) is 8.18. The number of thiophene rings is 1. The Kier molecular flexibility index (Phi) is 5.37. The SMILES string of the molecule is Nc1nc(COC(=O)CN2C(=O)C3CCCCC3C2=O)nc2sc3c(c12)CCCCC3. The molecule has 0 bridgehead atoms. The van der Waals surface area contributed by atoms with Crippen LogP contribution in [0.2, 0.25) is 0 Å². The van der Waals surface area contributed by atoms with Crippen LogP contribution in [0.15, 0.2) is 0 Å². The minimum Gasteiger partial charge on any atom is -0.456 e. The number of nitrogens with two attached hydrogens (primary N) is 1. The quantitative estimate of drug-likeness (QED) is 0.440. The smallest absolute Gasteiger partial charge is 0.326 e. The summed E-state index contributed by atoms with van der Waals surface area (Å²) in [6, 6.07) is 0. The van der Waals surface area contributed by atoms with E-state index in [1.807, 2.05) is 0 Å². The summed E-state index contributed by atoms with van der Waals surface area (Å²) in [5, 5.41) is 0.938. The minimum atomic E-state index is -0.635. The molecule has 1 saturated heterocycles. The van der Waals surface area contributed by atoms with Crippen LogP contribution in [0.25, 0.3) is 10.2 Å². The van der Waals surface area contributed by atoms with E-state index < -0.39 is 5.97 Å². The number of anilines is 1. The minimum absolute atomic E-state index is 0.134. The van der Waals surface area contributed by atoms with Gasteiger partial charge in [-0.2, -0.15) is 0 Å². The summed E-state index contributed by atoms with van der Waals surface area (Å²) < 4.78 is 5.31. The molecule has 2 amide bonds. The Morgan fingerprint density at radius 2 is 1.74 bits per heavy atom. The van der Waals surface area contributed by atoms with Gasteiger partial charge in [0.15, 0.2) is 12.4 Å². The van der Waals surface area contributed by atoms with Crippen molar-refractivity contribution in [2.24, 2.45) is 11.8 Å². The van der Waals surface area contributed by atoms with Gasteiger partial charge in [-0.1, -0.05) is 19.3 Å². The van der Waals surface area contributed by atoms with Gasteiger partial charge in [-0.05, 0) is 44.1 Å². The van der Waals surface area contributed by atoms with Gasteiger partial charge in [-0.3, -0.25) is 19.3 Å². The molecule has 3 aliphatic rings. The van der Waals surface area contributed by atoms with Gasteiger partial charge < -0.3 is 10.5 Å². The topological polar surface area (TPSA) is 115 Å². The van der Waals surface area contributed by atoms with Gasteiger partial charge in [0, 0.05) is 4.88 Å². The number of rotatable bonds is 4. The van der Waals surface area contributed by atoms with E-state index in [9.17, 15) is 14.4 Å². The first-order chi connectivity index (χ1) is 15.0. The fourth-order valence-corrected chi connectivity index (χ4v) is 6.47. The Hall–Kier alpha value is -2.55. The van der Waals surface area contributed by atoms with Gasteiger partial charge in [0.05, 0.1) is 17.2 Å². The van der Waals surface area contributed by atoms with Crippen LogP contribution in [0.1, 0.15) is 61.2 Å². The Balaban J connectivity index is 1.26. The Morgan fingerprint density at radius 1 is 1.03 bits per heavy atom. The van der Waals surface area contributed by atoms with E-state index in [1.54, 1.807) is 11.3 Å². The predicted octanol–water partition coefficient (Wildman–Crippen LogP) is 2.76. The standard InChI is InChI=1S/C22H26N4O4S/c23-19-18-14-8-2-1-3-9-15(14)31-20(18)25-16(24-19)11-30-17(27)10-26-21(28)12-6-4-5-7-13(12)22(26)29/h12-13H,1-11H2,(H2,23,24,25). The molecule has 1 aliphatic heterocycles. The molecule has 8 nitrogen and oxygen atoms in total. The first-order valence-corrected chi connectivity index (χ1v) is 11.9. The number of imide groups is 1. The van der Waals surface area contributed by atoms with Gasteiger partial charge >= 0.3 is 5.97 Å². The van der Waals surface area contributed by atoms with Crippen LogP contribution >= 0.6 is 11.3 Å². The molecule has 5 rings (SSSR count). The first kappa shape index (κ1) is 20.4. The van der Waals surface area contributed by atoms with Crippen LogP contribution in [0.5, 0.6) is 0 Å². The van der Waals surface area contributed by atoms with Gasteiger partial charge in [0.2, 0.25) is 11.8 Å². The summed E-state index contributed by atoms with van der Waals surface area (Å²) in [5.41, 5.74) is 7.51. The fraction of sp³-hybridized carbons (Fsp3) is 0.591. The second-order valence-electron chi connectivity index (χ2n) is 8.69. The third kappa shape index (κ3) is 3.69. The lowest BCUT2D eigenvalue weighted by atomic mass is 9.81. The third-order valence-corrected chi connectivity index (χ3v) is 7.91. The number of nitrogens with zero attached hydrogens (tertiary/aromatic N) is 3. The largest absolute Gasteiger partial charge is 0.456 e. The fourth-order valence-electron chi connectivity index (χ4n) is 5.18. The molecule has 2 N–H and O–H groups in total. The molecule has 3 heterocycles. The lowest BCUT2D eigenvalue weighted by Gasteiger charge is -2.19. The number of fused-ring (bicyclic) bond motifs is 4. The second-order valence-corrected chi connectivity index (χ2v) is 9.77. The van der Waals surface area contributed by atoms with Crippen LogP contribution < -0.4 is 5.73 Å². The molecule has 9 heteroatoms. The van der Waals surface area contributed by atoms with Gasteiger partial charge in [0.1, 0.15) is 17.2 Å². The highest BCUT2D eigenvalue weighted by Gasteiger charge is 2.48. The van der Waals surface area contributed by atoms with E-state index in [0.717, 1.165) is 60.1 Å². The Labute approximate surface area is 184 Å². The van der Waals surface area contributed by atoms with Gasteiger partial charge in [-0.25, -0.2) is 9.97 Å². The predicted molar refractivity (Wildman–Crippen MR) is 115 cm³/mol. The molecule has 2 aliphatic carbocycles. The van der Waals surface area contributed by atoms with Crippen molar-refractivity contribution >= 4 is 45.2 Å². The number of amides is 2. The van der Waals surface area contributed by atoms with Crippen molar-refractivity contribution in [3.05, 3.63) is 16.3 Å². The van der Waals surface area contributed by atoms with E-state index in [-0.39, 0.29) is 36.8 Å². The van der Waals surface area contributed by atoms with Crippen molar-refractivity contribution in [1.82, 2.24) is 14.9 Å². The number of nitrogen functional groups attached to an aromatic ring is 1. The number of esters is 1. The van der Waals surface area contributed by atoms with Crippen molar-refractivity contribution in [1.29, 1.82) is 0 Å². The number of hydrogen-bond acceptors (Lipinski definition) is 8. The first-order valence-electron chi connectivity index (χ1n) is 11.1. The lowest BCUT2D eigenvalue weighted by molar-refractivity contribution is -0.154. The third-order valence-electron chi connectivity index (χ3n) is 6.72. The van der Waals surface area contributed by atoms with E-state index in [2.05, 4.69) is 9.97 Å². The van der Waals surface area contributed by atoms with Gasteiger partial charge in [-0.15, -0.1) is 11.3 Å². The van der Waals surface area contributed by atoms with E-state index in [1.165, 1.54) is 23.3 Å². The van der Waals surface area contributed by atoms with Crippen molar-refractivity contribution < 1.29 is 19.1 Å². The molecule has 0 radical (unpaired) electrons. The Bertz CT molecular complexity index is 1040. The summed E-state index contributed by atoms with van der Waals surface area (Å²) in [6.07, 6.45) is 8.92. The summed E-state index contributed by atoms with van der Waals surface area (Å²) in [4.78, 5) is 49.6. The zero-order chi connectivity index (χ0) is 21.5. The summed E-state index contributed by atoms with van der Waals surface area (Å²) in [5.74, 6) is -0.902.